The first-order valence-electron chi connectivity index (χ1n) is 21.4. The summed E-state index contributed by atoms with van der Waals surface area (Å²) >= 11 is 0. The van der Waals surface area contributed by atoms with Crippen molar-refractivity contribution in [1.29, 1.82) is 0 Å². The fraction of sp³-hybridized carbons (Fsp3) is 0.361. The van der Waals surface area contributed by atoms with Crippen LogP contribution in [-0.4, -0.2) is 0 Å². The zero-order valence-corrected chi connectivity index (χ0v) is 21.6. The number of hydrogen-bond acceptors (Lipinski definition) is 1. The van der Waals surface area contributed by atoms with Crippen LogP contribution in [0.4, 0.5) is 0 Å². The Kier molecular flexibility index (Phi) is 2.65. The van der Waals surface area contributed by atoms with Gasteiger partial charge in [-0.3, -0.25) is 0 Å². The van der Waals surface area contributed by atoms with E-state index in [0.29, 0.717) is 21.9 Å². The Morgan fingerprint density at radius 2 is 1.58 bits per heavy atom. The number of nitrogens with zero attached hydrogens (tertiary/aromatic N) is 1. The molecule has 0 saturated carbocycles. The first kappa shape index (κ1) is 11.8. The van der Waals surface area contributed by atoms with Crippen LogP contribution in [0.25, 0.3) is 44.3 Å². The molecule has 6 rings (SSSR count). The smallest absolute Gasteiger partial charge is 0.216 e. The number of hydrogen-bond donors (Lipinski definition) is 0. The molecule has 0 fully saturated rings. The molecule has 1 aliphatic carbocycles. The molecule has 3 atom stereocenters. The van der Waals surface area contributed by atoms with Crippen LogP contribution in [0.5, 0.6) is 0 Å². The van der Waals surface area contributed by atoms with E-state index in [2.05, 4.69) is 0 Å². The lowest BCUT2D eigenvalue weighted by atomic mass is 9.63. The van der Waals surface area contributed by atoms with Gasteiger partial charge in [0.05, 0.1) is 5.56 Å². The van der Waals surface area contributed by atoms with Crippen LogP contribution >= 0.6 is 0 Å². The molecule has 0 spiro atoms. The Bertz CT molecular complexity index is 2390. The molecule has 194 valence electrons. The molecule has 1 aliphatic rings. The Morgan fingerprint density at radius 3 is 2.32 bits per heavy atom. The van der Waals surface area contributed by atoms with Gasteiger partial charge in [-0.2, -0.15) is 0 Å². The maximum Gasteiger partial charge on any atom is 0.216 e. The first-order chi connectivity index (χ1) is 25.2. The third-order valence-electron chi connectivity index (χ3n) is 7.89. The predicted molar refractivity (Wildman–Crippen MR) is 160 cm³/mol. The van der Waals surface area contributed by atoms with Crippen molar-refractivity contribution in [1.82, 2.24) is 0 Å². The maximum atomic E-state index is 9.63. The average molecular weight is 521 g/mol. The number of rotatable bonds is 4. The van der Waals surface area contributed by atoms with Crippen LogP contribution in [0.15, 0.2) is 65.2 Å². The highest BCUT2D eigenvalue weighted by Gasteiger charge is 2.48. The Hall–Kier alpha value is -3.39. The molecule has 3 aromatic carbocycles. The minimum Gasteiger partial charge on any atom is -0.454 e. The lowest BCUT2D eigenvalue weighted by Gasteiger charge is -2.40. The molecule has 0 bridgehead atoms. The SMILES string of the molecule is [2H]C([2H])([2H])c1cc(-c2c(C)ccc3c2oc2c4c(ccc23)C(C([2H])(C)C([2H])([2H])[2H])(C([2H])(C([2H])([2H])[2H])C([2H])([2H])[2H])c2ccccc2-4)[n+](C)cc1C([2H])(C)C([2H])([2H])[2H]. The van der Waals surface area contributed by atoms with E-state index in [1.807, 2.05) is 0 Å². The van der Waals surface area contributed by atoms with Crippen LogP contribution in [0.1, 0.15) is 99.6 Å². The van der Waals surface area contributed by atoms with Crippen molar-refractivity contribution in [3.05, 3.63) is 88.6 Å². The average Bonchev–Trinajstić information content (AvgIpc) is 3.56. The summed E-state index contributed by atoms with van der Waals surface area (Å²) in [7, 11) is 1.57. The quantitative estimate of drug-likeness (QED) is 0.216. The Balaban J connectivity index is 1.80. The van der Waals surface area contributed by atoms with Gasteiger partial charge in [-0.1, -0.05) is 89.8 Å². The van der Waals surface area contributed by atoms with Crippen LogP contribution in [0.3, 0.4) is 0 Å². The monoisotopic (exact) mass is 520 g/mol. The summed E-state index contributed by atoms with van der Waals surface area (Å²) in [6.45, 7) is -12.6. The fourth-order valence-corrected chi connectivity index (χ4v) is 6.13. The normalized spacial score (nSPS) is 28.8. The Morgan fingerprint density at radius 1 is 0.842 bits per heavy atom. The summed E-state index contributed by atoms with van der Waals surface area (Å²) in [5, 5.41) is 0.917. The van der Waals surface area contributed by atoms with Gasteiger partial charge in [0.1, 0.15) is 18.2 Å². The maximum absolute atomic E-state index is 9.63. The second-order valence-corrected chi connectivity index (χ2v) is 10.1. The molecule has 2 aromatic heterocycles. The Labute approximate surface area is 252 Å². The molecular formula is C36H40NO+. The molecular weight excluding hydrogens is 462 g/mol. The van der Waals surface area contributed by atoms with Gasteiger partial charge in [-0.25, -0.2) is 4.57 Å². The van der Waals surface area contributed by atoms with Crippen LogP contribution in [-0.2, 0) is 12.5 Å². The van der Waals surface area contributed by atoms with E-state index >= 15 is 0 Å². The van der Waals surface area contributed by atoms with Gasteiger partial charge < -0.3 is 4.42 Å². The molecule has 3 unspecified atom stereocenters. The highest BCUT2D eigenvalue weighted by molar-refractivity contribution is 6.14. The zero-order chi connectivity index (χ0) is 42.4. The first-order valence-corrected chi connectivity index (χ1v) is 12.4. The van der Waals surface area contributed by atoms with Crippen molar-refractivity contribution in [2.24, 2.45) is 18.8 Å². The fourth-order valence-electron chi connectivity index (χ4n) is 6.13. The van der Waals surface area contributed by atoms with Gasteiger partial charge >= 0.3 is 0 Å². The summed E-state index contributed by atoms with van der Waals surface area (Å²) in [5.41, 5.74) is -1.91. The van der Waals surface area contributed by atoms with E-state index < -0.39 is 57.4 Å². The zero-order valence-electron chi connectivity index (χ0n) is 39.6. The third kappa shape index (κ3) is 3.16. The van der Waals surface area contributed by atoms with Crippen molar-refractivity contribution in [3.8, 4) is 22.4 Å². The summed E-state index contributed by atoms with van der Waals surface area (Å²) in [4.78, 5) is 0. The lowest BCUT2D eigenvalue weighted by molar-refractivity contribution is -0.660. The van der Waals surface area contributed by atoms with Crippen molar-refractivity contribution in [2.75, 3.05) is 0 Å². The largest absolute Gasteiger partial charge is 0.454 e. The molecule has 2 heterocycles. The van der Waals surface area contributed by atoms with Crippen LogP contribution in [0, 0.1) is 25.6 Å². The highest BCUT2D eigenvalue weighted by atomic mass is 16.3. The minimum atomic E-state index is -3.66. The van der Waals surface area contributed by atoms with E-state index in [1.165, 1.54) is 47.2 Å². The number of benzene rings is 3. The molecule has 2 heteroatoms. The molecule has 38 heavy (non-hydrogen) atoms. The van der Waals surface area contributed by atoms with E-state index in [4.69, 9.17) is 26.3 Å². The second kappa shape index (κ2) is 8.56. The molecule has 0 aliphatic heterocycles. The van der Waals surface area contributed by atoms with Gasteiger partial charge in [-0.05, 0) is 59.3 Å². The number of aryl methyl sites for hydroxylation is 3. The standard InChI is InChI=1S/C36H40NO/c1-20(2)28-19-37(9)31(18-24(28)8)32-23(7)14-15-25-26-16-17-30-33(35(26)38-34(25)32)27-12-10-11-13-29(27)36(30,21(3)4)22(5)6/h10-22H,1-9H3/q+1/i1D3,3D3,4D3,5D3,8D3,20D,21D,22D. The van der Waals surface area contributed by atoms with Crippen LogP contribution in [0.2, 0.25) is 0 Å². The summed E-state index contributed by atoms with van der Waals surface area (Å²) in [6.07, 6.45) is 1.31. The summed E-state index contributed by atoms with van der Waals surface area (Å²) in [5.74, 6) is -8.83. The van der Waals surface area contributed by atoms with Gasteiger partial charge in [-0.15, -0.1) is 0 Å². The van der Waals surface area contributed by atoms with Crippen molar-refractivity contribution >= 4 is 21.9 Å². The van der Waals surface area contributed by atoms with E-state index in [1.54, 1.807) is 32.2 Å². The molecule has 0 radical (unpaired) electrons. The third-order valence-corrected chi connectivity index (χ3v) is 7.89. The van der Waals surface area contributed by atoms with E-state index in [-0.39, 0.29) is 50.2 Å². The highest BCUT2D eigenvalue weighted by Crippen LogP contribution is 2.58. The van der Waals surface area contributed by atoms with Gasteiger partial charge in [0, 0.05) is 58.1 Å². The second-order valence-electron chi connectivity index (χ2n) is 10.1. The van der Waals surface area contributed by atoms with Crippen molar-refractivity contribution < 1.29 is 33.7 Å². The van der Waals surface area contributed by atoms with Crippen molar-refractivity contribution in [2.45, 2.75) is 66.3 Å². The van der Waals surface area contributed by atoms with Gasteiger partial charge in [0.15, 0.2) is 6.20 Å². The van der Waals surface area contributed by atoms with Gasteiger partial charge in [0.25, 0.3) is 0 Å². The number of fused-ring (bicyclic) bond motifs is 7. The predicted octanol–water partition coefficient (Wildman–Crippen LogP) is 9.40. The van der Waals surface area contributed by atoms with E-state index in [9.17, 15) is 2.74 Å². The van der Waals surface area contributed by atoms with Gasteiger partial charge in [0.2, 0.25) is 5.69 Å². The molecule has 5 aromatic rings. The number of pyridine rings is 1. The van der Waals surface area contributed by atoms with Crippen molar-refractivity contribution in [3.63, 3.8) is 0 Å². The number of aromatic nitrogens is 1. The lowest BCUT2D eigenvalue weighted by Crippen LogP contribution is -2.37. The van der Waals surface area contributed by atoms with Crippen LogP contribution < -0.4 is 4.57 Å². The molecule has 0 N–H and O–H groups in total. The topological polar surface area (TPSA) is 17.0 Å². The van der Waals surface area contributed by atoms with E-state index in [0.717, 1.165) is 13.8 Å². The molecule has 2 nitrogen and oxygen atoms in total. The minimum absolute atomic E-state index is 0.0786. The summed E-state index contributed by atoms with van der Waals surface area (Å²) in [6, 6.07) is 13.6. The molecule has 0 amide bonds. The summed E-state index contributed by atoms with van der Waals surface area (Å²) < 4.78 is 162. The number of furan rings is 1. The molecule has 0 saturated heterocycles.